The molecule has 0 bridgehead atoms. The van der Waals surface area contributed by atoms with E-state index in [2.05, 4.69) is 0 Å². The first-order valence-corrected chi connectivity index (χ1v) is 11.8. The van der Waals surface area contributed by atoms with Crippen LogP contribution in [0, 0.1) is 0 Å². The Kier molecular flexibility index (Phi) is 7.48. The number of aliphatic carboxylic acids is 1. The number of halogens is 1. The van der Waals surface area contributed by atoms with E-state index in [4.69, 9.17) is 25.9 Å². The molecular formula is C23H24ClNO6S. The lowest BCUT2D eigenvalue weighted by Gasteiger charge is -2.29. The van der Waals surface area contributed by atoms with Gasteiger partial charge < -0.3 is 14.3 Å². The fourth-order valence-electron chi connectivity index (χ4n) is 3.28. The molecule has 1 aromatic carbocycles. The van der Waals surface area contributed by atoms with Crippen molar-refractivity contribution in [3.63, 3.8) is 0 Å². The molecule has 0 unspecified atom stereocenters. The van der Waals surface area contributed by atoms with Crippen molar-refractivity contribution in [3.8, 4) is 5.75 Å². The highest BCUT2D eigenvalue weighted by atomic mass is 35.5. The average Bonchev–Trinajstić information content (AvgIpc) is 3.28. The van der Waals surface area contributed by atoms with Crippen molar-refractivity contribution < 1.29 is 27.5 Å². The molecule has 1 aliphatic carbocycles. The quantitative estimate of drug-likeness (QED) is 0.498. The van der Waals surface area contributed by atoms with E-state index in [1.165, 1.54) is 22.7 Å². The first-order valence-electron chi connectivity index (χ1n) is 9.98. The van der Waals surface area contributed by atoms with Crippen LogP contribution < -0.4 is 9.04 Å². The van der Waals surface area contributed by atoms with Gasteiger partial charge in [0.2, 0.25) is 5.09 Å². The van der Waals surface area contributed by atoms with Gasteiger partial charge in [0.15, 0.2) is 0 Å². The van der Waals surface area contributed by atoms with Crippen molar-refractivity contribution in [1.29, 1.82) is 0 Å². The van der Waals surface area contributed by atoms with E-state index in [9.17, 15) is 13.2 Å². The molecule has 0 aliphatic heterocycles. The topological polar surface area (TPSA) is 97.0 Å². The first-order chi connectivity index (χ1) is 15.2. The van der Waals surface area contributed by atoms with E-state index in [1.807, 2.05) is 12.2 Å². The lowest BCUT2D eigenvalue weighted by atomic mass is 9.98. The summed E-state index contributed by atoms with van der Waals surface area (Å²) < 4.78 is 38.8. The van der Waals surface area contributed by atoms with Crippen LogP contribution in [0.5, 0.6) is 5.75 Å². The molecule has 2 aromatic rings. The van der Waals surface area contributed by atoms with Crippen molar-refractivity contribution in [1.82, 2.24) is 0 Å². The Bertz CT molecular complexity index is 1160. The van der Waals surface area contributed by atoms with Crippen molar-refractivity contribution in [3.05, 3.63) is 77.1 Å². The lowest BCUT2D eigenvalue weighted by Crippen LogP contribution is -2.37. The standard InChI is InChI=1S/C23H24ClNO6S/c1-16(2)25(32(28,29)23-4-3-13-30-23)20-11-10-19(24)14-21(20)31-15-18-7-5-17(6-8-18)9-12-22(26)27/h3-5,7,9-14,16H,6,8,15H2,1-2H3,(H,26,27)/b12-9+. The van der Waals surface area contributed by atoms with Crippen molar-refractivity contribution >= 4 is 33.3 Å². The zero-order valence-corrected chi connectivity index (χ0v) is 19.3. The summed E-state index contributed by atoms with van der Waals surface area (Å²) in [5, 5.41) is 9.00. The van der Waals surface area contributed by atoms with Crippen LogP contribution in [0.15, 0.2) is 81.6 Å². The molecule has 0 saturated carbocycles. The van der Waals surface area contributed by atoms with E-state index in [-0.39, 0.29) is 11.7 Å². The predicted molar refractivity (Wildman–Crippen MR) is 123 cm³/mol. The number of ether oxygens (including phenoxy) is 1. The smallest absolute Gasteiger partial charge is 0.328 e. The second kappa shape index (κ2) is 10.1. The Hall–Kier alpha value is -2.97. The van der Waals surface area contributed by atoms with Gasteiger partial charge >= 0.3 is 5.97 Å². The Morgan fingerprint density at radius 3 is 2.66 bits per heavy atom. The van der Waals surface area contributed by atoms with Crippen molar-refractivity contribution in [2.45, 2.75) is 37.8 Å². The monoisotopic (exact) mass is 477 g/mol. The maximum atomic E-state index is 13.2. The van der Waals surface area contributed by atoms with Crippen LogP contribution in [0.4, 0.5) is 5.69 Å². The van der Waals surface area contributed by atoms with E-state index in [1.54, 1.807) is 38.1 Å². The summed E-state index contributed by atoms with van der Waals surface area (Å²) in [6, 6.07) is 7.32. The molecule has 1 aliphatic rings. The van der Waals surface area contributed by atoms with E-state index < -0.39 is 22.0 Å². The second-order valence-electron chi connectivity index (χ2n) is 7.47. The largest absolute Gasteiger partial charge is 0.487 e. The van der Waals surface area contributed by atoms with Crippen molar-refractivity contribution in [2.24, 2.45) is 0 Å². The Morgan fingerprint density at radius 1 is 1.28 bits per heavy atom. The normalized spacial score (nSPS) is 14.4. The van der Waals surface area contributed by atoms with Gasteiger partial charge in [-0.05, 0) is 62.1 Å². The molecule has 170 valence electrons. The highest BCUT2D eigenvalue weighted by Crippen LogP contribution is 2.37. The summed E-state index contributed by atoms with van der Waals surface area (Å²) in [4.78, 5) is 10.7. The van der Waals surface area contributed by atoms with Gasteiger partial charge in [0.05, 0.1) is 12.0 Å². The molecule has 1 aromatic heterocycles. The molecule has 0 atom stereocenters. The highest BCUT2D eigenvalue weighted by molar-refractivity contribution is 7.92. The molecule has 3 rings (SSSR count). The number of nitrogens with zero attached hydrogens (tertiary/aromatic N) is 1. The third-order valence-corrected chi connectivity index (χ3v) is 6.87. The van der Waals surface area contributed by atoms with Crippen LogP contribution in [0.1, 0.15) is 26.7 Å². The zero-order valence-electron chi connectivity index (χ0n) is 17.7. The van der Waals surface area contributed by atoms with Crippen LogP contribution in [0.3, 0.4) is 0 Å². The van der Waals surface area contributed by atoms with Gasteiger partial charge in [0.25, 0.3) is 10.0 Å². The number of hydrogen-bond acceptors (Lipinski definition) is 5. The Morgan fingerprint density at radius 2 is 2.06 bits per heavy atom. The third-order valence-electron chi connectivity index (χ3n) is 4.76. The van der Waals surface area contributed by atoms with Gasteiger partial charge in [-0.1, -0.05) is 29.8 Å². The van der Waals surface area contributed by atoms with Gasteiger partial charge in [0.1, 0.15) is 12.4 Å². The zero-order chi connectivity index (χ0) is 23.3. The summed E-state index contributed by atoms with van der Waals surface area (Å²) in [5.41, 5.74) is 2.27. The molecule has 32 heavy (non-hydrogen) atoms. The van der Waals surface area contributed by atoms with Gasteiger partial charge in [-0.15, -0.1) is 0 Å². The molecule has 0 spiro atoms. The predicted octanol–water partition coefficient (Wildman–Crippen LogP) is 5.20. The minimum Gasteiger partial charge on any atom is -0.487 e. The summed E-state index contributed by atoms with van der Waals surface area (Å²) >= 11 is 6.17. The molecule has 0 fully saturated rings. The number of furan rings is 1. The average molecular weight is 478 g/mol. The van der Waals surface area contributed by atoms with Crippen LogP contribution in [0.2, 0.25) is 5.02 Å². The summed E-state index contributed by atoms with van der Waals surface area (Å²) in [6.45, 7) is 3.77. The maximum absolute atomic E-state index is 13.2. The van der Waals surface area contributed by atoms with E-state index >= 15 is 0 Å². The number of anilines is 1. The van der Waals surface area contributed by atoms with E-state index in [0.29, 0.717) is 29.3 Å². The number of carbonyl (C=O) groups is 1. The number of rotatable bonds is 9. The summed E-state index contributed by atoms with van der Waals surface area (Å²) in [6.07, 6.45) is 9.12. The molecular weight excluding hydrogens is 454 g/mol. The number of hydrogen-bond donors (Lipinski definition) is 1. The third kappa shape index (κ3) is 5.63. The molecule has 0 amide bonds. The minimum atomic E-state index is -3.95. The van der Waals surface area contributed by atoms with Gasteiger partial charge in [-0.25, -0.2) is 4.79 Å². The van der Waals surface area contributed by atoms with E-state index in [0.717, 1.165) is 17.2 Å². The minimum absolute atomic E-state index is 0.158. The number of carboxylic acid groups (broad SMARTS) is 1. The molecule has 1 N–H and O–H groups in total. The second-order valence-corrected chi connectivity index (χ2v) is 9.65. The van der Waals surface area contributed by atoms with Gasteiger partial charge in [0, 0.05) is 23.2 Å². The molecule has 0 saturated heterocycles. The Labute approximate surface area is 192 Å². The molecule has 9 heteroatoms. The lowest BCUT2D eigenvalue weighted by molar-refractivity contribution is -0.131. The molecule has 7 nitrogen and oxygen atoms in total. The van der Waals surface area contributed by atoms with Crippen LogP contribution in [-0.2, 0) is 14.8 Å². The highest BCUT2D eigenvalue weighted by Gasteiger charge is 2.32. The van der Waals surface area contributed by atoms with Gasteiger partial charge in [-0.3, -0.25) is 4.31 Å². The fourth-order valence-corrected chi connectivity index (χ4v) is 5.03. The SMILES string of the molecule is CC(C)N(c1ccc(Cl)cc1OCC1=CC=C(/C=C/C(=O)O)CC1)S(=O)(=O)c1ccco1. The van der Waals surface area contributed by atoms with Crippen LogP contribution >= 0.6 is 11.6 Å². The molecule has 1 heterocycles. The van der Waals surface area contributed by atoms with Gasteiger partial charge in [-0.2, -0.15) is 8.42 Å². The fraction of sp³-hybridized carbons (Fsp3) is 0.261. The number of sulfonamides is 1. The van der Waals surface area contributed by atoms with Crippen LogP contribution in [0.25, 0.3) is 0 Å². The maximum Gasteiger partial charge on any atom is 0.328 e. The first kappa shape index (κ1) is 23.7. The summed E-state index contributed by atoms with van der Waals surface area (Å²) in [5.74, 6) is -0.653. The molecule has 0 radical (unpaired) electrons. The number of carboxylic acids is 1. The Balaban J connectivity index is 1.86. The number of benzene rings is 1. The number of allylic oxidation sites excluding steroid dienone is 4. The van der Waals surface area contributed by atoms with Crippen LogP contribution in [-0.4, -0.2) is 32.1 Å². The van der Waals surface area contributed by atoms with Crippen molar-refractivity contribution in [2.75, 3.05) is 10.9 Å². The summed E-state index contributed by atoms with van der Waals surface area (Å²) in [7, 11) is -3.95.